The fraction of sp³-hybridized carbons (Fsp3) is 1.00. The zero-order valence-electron chi connectivity index (χ0n) is 11.2. The van der Waals surface area contributed by atoms with E-state index in [4.69, 9.17) is 0 Å². The van der Waals surface area contributed by atoms with Gasteiger partial charge in [0.2, 0.25) is 6.30 Å². The predicted molar refractivity (Wildman–Crippen MR) is 57.4 cm³/mol. The first-order chi connectivity index (χ1) is 9.88. The molecule has 2 unspecified atom stereocenters. The summed E-state index contributed by atoms with van der Waals surface area (Å²) in [6.07, 6.45) is -12.2. The maximum Gasteiger partial charge on any atom is 0.425 e. The zero-order valence-corrected chi connectivity index (χ0v) is 11.2. The van der Waals surface area contributed by atoms with E-state index in [2.05, 4.69) is 4.74 Å². The third-order valence-electron chi connectivity index (χ3n) is 3.06. The van der Waals surface area contributed by atoms with Gasteiger partial charge in [-0.15, -0.1) is 0 Å². The van der Waals surface area contributed by atoms with E-state index in [0.29, 0.717) is 12.8 Å². The molecule has 1 fully saturated rings. The van der Waals surface area contributed by atoms with Gasteiger partial charge >= 0.3 is 18.0 Å². The molecule has 1 saturated heterocycles. The summed E-state index contributed by atoms with van der Waals surface area (Å²) in [6.45, 7) is -4.00. The highest BCUT2D eigenvalue weighted by Crippen LogP contribution is 2.35. The molecule has 1 aliphatic rings. The highest BCUT2D eigenvalue weighted by Gasteiger charge is 2.57. The molecule has 0 aromatic rings. The van der Waals surface area contributed by atoms with Crippen LogP contribution in [0.5, 0.6) is 0 Å². The van der Waals surface area contributed by atoms with Gasteiger partial charge in [0.05, 0.1) is 0 Å². The van der Waals surface area contributed by atoms with Gasteiger partial charge in [0.15, 0.2) is 0 Å². The van der Waals surface area contributed by atoms with Crippen LogP contribution in [0.15, 0.2) is 0 Å². The van der Waals surface area contributed by atoms with Gasteiger partial charge in [-0.05, 0) is 12.8 Å². The van der Waals surface area contributed by atoms with Crippen molar-refractivity contribution in [2.75, 3.05) is 26.3 Å². The molecule has 1 aliphatic heterocycles. The normalized spacial score (nSPS) is 21.1. The number of alkyl halides is 9. The number of hydrogen-bond acceptors (Lipinski definition) is 2. The Bertz CT molecular complexity index is 354. The van der Waals surface area contributed by atoms with Crippen LogP contribution in [0.4, 0.5) is 39.5 Å². The molecule has 1 rings (SSSR count). The Morgan fingerprint density at radius 3 is 1.73 bits per heavy atom. The van der Waals surface area contributed by atoms with Gasteiger partial charge in [0, 0.05) is 13.1 Å². The fourth-order valence-corrected chi connectivity index (χ4v) is 1.94. The number of hydrogen-bond donors (Lipinski definition) is 0. The molecule has 0 bridgehead atoms. The van der Waals surface area contributed by atoms with Crippen LogP contribution in [-0.2, 0) is 4.74 Å². The number of halogens is 9. The van der Waals surface area contributed by atoms with Crippen molar-refractivity contribution in [3.63, 3.8) is 0 Å². The van der Waals surface area contributed by atoms with Gasteiger partial charge in [-0.2, -0.15) is 22.0 Å². The minimum Gasteiger partial charge on any atom is -0.369 e. The molecule has 2 nitrogen and oxygen atoms in total. The fourth-order valence-electron chi connectivity index (χ4n) is 1.94. The zero-order chi connectivity index (χ0) is 17.2. The largest absolute Gasteiger partial charge is 0.425 e. The van der Waals surface area contributed by atoms with E-state index in [1.807, 2.05) is 0 Å². The number of nitrogens with zero attached hydrogens (tertiary/aromatic N) is 1. The maximum atomic E-state index is 13.5. The van der Waals surface area contributed by atoms with Crippen molar-refractivity contribution >= 4 is 0 Å². The maximum absolute atomic E-state index is 13.5. The lowest BCUT2D eigenvalue weighted by Gasteiger charge is -2.28. The topological polar surface area (TPSA) is 12.5 Å². The van der Waals surface area contributed by atoms with Crippen molar-refractivity contribution in [3.8, 4) is 0 Å². The third-order valence-corrected chi connectivity index (χ3v) is 3.06. The van der Waals surface area contributed by atoms with Crippen molar-refractivity contribution in [2.24, 2.45) is 0 Å². The molecule has 0 aromatic carbocycles. The van der Waals surface area contributed by atoms with Gasteiger partial charge in [0.1, 0.15) is 13.2 Å². The molecule has 1 heterocycles. The molecule has 2 atom stereocenters. The standard InChI is InChI=1S/C11H14F9NO/c12-7(11(18,19)20)9(14,15)5-22-6-10(16,17)8(13)21-3-1-2-4-21/h7-8H,1-6H2. The highest BCUT2D eigenvalue weighted by molar-refractivity contribution is 4.84. The van der Waals surface area contributed by atoms with E-state index in [9.17, 15) is 39.5 Å². The molecule has 0 aromatic heterocycles. The van der Waals surface area contributed by atoms with E-state index in [0.717, 1.165) is 4.90 Å². The summed E-state index contributed by atoms with van der Waals surface area (Å²) in [4.78, 5) is 0.773. The minimum absolute atomic E-state index is 0.0492. The van der Waals surface area contributed by atoms with E-state index >= 15 is 0 Å². The van der Waals surface area contributed by atoms with Crippen LogP contribution >= 0.6 is 0 Å². The number of ether oxygens (including phenoxy) is 1. The predicted octanol–water partition coefficient (Wildman–Crippen LogP) is 3.57. The Kier molecular flexibility index (Phi) is 5.99. The molecule has 0 saturated carbocycles. The van der Waals surface area contributed by atoms with Gasteiger partial charge in [-0.3, -0.25) is 4.90 Å². The van der Waals surface area contributed by atoms with Crippen molar-refractivity contribution in [1.82, 2.24) is 4.90 Å². The first-order valence-corrected chi connectivity index (χ1v) is 6.30. The second kappa shape index (κ2) is 6.81. The quantitative estimate of drug-likeness (QED) is 0.516. The summed E-state index contributed by atoms with van der Waals surface area (Å²) >= 11 is 0. The van der Waals surface area contributed by atoms with Gasteiger partial charge in [-0.25, -0.2) is 17.6 Å². The smallest absolute Gasteiger partial charge is 0.369 e. The Balaban J connectivity index is 2.50. The highest BCUT2D eigenvalue weighted by atomic mass is 19.4. The molecule has 132 valence electrons. The number of rotatable bonds is 7. The van der Waals surface area contributed by atoms with Crippen molar-refractivity contribution in [2.45, 2.75) is 43.3 Å². The molecular formula is C11H14F9NO. The van der Waals surface area contributed by atoms with Crippen LogP contribution in [0.1, 0.15) is 12.8 Å². The summed E-state index contributed by atoms with van der Waals surface area (Å²) in [5, 5.41) is 0. The molecule has 0 aliphatic carbocycles. The van der Waals surface area contributed by atoms with Crippen LogP contribution in [0.3, 0.4) is 0 Å². The van der Waals surface area contributed by atoms with Crippen LogP contribution < -0.4 is 0 Å². The molecule has 0 spiro atoms. The van der Waals surface area contributed by atoms with E-state index < -0.39 is 43.7 Å². The molecule has 0 amide bonds. The first-order valence-electron chi connectivity index (χ1n) is 6.30. The summed E-state index contributed by atoms with van der Waals surface area (Å²) < 4.78 is 118. The summed E-state index contributed by atoms with van der Waals surface area (Å²) in [5.74, 6) is -9.22. The summed E-state index contributed by atoms with van der Waals surface area (Å²) in [6, 6.07) is 0. The van der Waals surface area contributed by atoms with E-state index in [1.165, 1.54) is 0 Å². The monoisotopic (exact) mass is 347 g/mol. The first kappa shape index (κ1) is 19.3. The average molecular weight is 347 g/mol. The molecule has 11 heteroatoms. The second-order valence-electron chi connectivity index (χ2n) is 5.00. The Morgan fingerprint density at radius 2 is 1.27 bits per heavy atom. The van der Waals surface area contributed by atoms with Crippen LogP contribution in [0.25, 0.3) is 0 Å². The SMILES string of the molecule is FC(N1CCCC1)C(F)(F)COCC(F)(F)C(F)C(F)(F)F. The van der Waals surface area contributed by atoms with E-state index in [1.54, 1.807) is 0 Å². The average Bonchev–Trinajstić information content (AvgIpc) is 2.88. The van der Waals surface area contributed by atoms with Crippen LogP contribution in [0, 0.1) is 0 Å². The Hall–Kier alpha value is -0.710. The van der Waals surface area contributed by atoms with Crippen molar-refractivity contribution in [3.05, 3.63) is 0 Å². The van der Waals surface area contributed by atoms with Gasteiger partial charge < -0.3 is 4.74 Å². The molecule has 0 radical (unpaired) electrons. The summed E-state index contributed by atoms with van der Waals surface area (Å²) in [7, 11) is 0. The van der Waals surface area contributed by atoms with Crippen LogP contribution in [-0.4, -0.2) is 61.7 Å². The van der Waals surface area contributed by atoms with Crippen molar-refractivity contribution in [1.29, 1.82) is 0 Å². The van der Waals surface area contributed by atoms with Gasteiger partial charge in [-0.1, -0.05) is 0 Å². The molecule has 0 N–H and O–H groups in total. The minimum atomic E-state index is -5.85. The van der Waals surface area contributed by atoms with Crippen LogP contribution in [0.2, 0.25) is 0 Å². The van der Waals surface area contributed by atoms with E-state index in [-0.39, 0.29) is 13.1 Å². The lowest BCUT2D eigenvalue weighted by molar-refractivity contribution is -0.261. The lowest BCUT2D eigenvalue weighted by Crippen LogP contribution is -2.48. The Labute approximate surface area is 120 Å². The molecular weight excluding hydrogens is 333 g/mol. The Morgan fingerprint density at radius 1 is 0.818 bits per heavy atom. The summed E-state index contributed by atoms with van der Waals surface area (Å²) in [5.41, 5.74) is 0. The molecule has 22 heavy (non-hydrogen) atoms. The lowest BCUT2D eigenvalue weighted by atomic mass is 10.2. The second-order valence-corrected chi connectivity index (χ2v) is 5.00. The van der Waals surface area contributed by atoms with Crippen molar-refractivity contribution < 1.29 is 44.3 Å². The number of likely N-dealkylation sites (tertiary alicyclic amines) is 1. The van der Waals surface area contributed by atoms with Gasteiger partial charge in [0.25, 0.3) is 6.17 Å². The third kappa shape index (κ3) is 4.90.